The molecule has 3 aromatic rings. The summed E-state index contributed by atoms with van der Waals surface area (Å²) < 4.78 is 5.45. The molecule has 3 N–H and O–H groups in total. The van der Waals surface area contributed by atoms with E-state index in [1.165, 1.54) is 5.56 Å². The van der Waals surface area contributed by atoms with Gasteiger partial charge in [0.05, 0.1) is 11.6 Å². The Kier molecular flexibility index (Phi) is 12.0. The largest absolute Gasteiger partial charge is 0.478 e. The third kappa shape index (κ3) is 11.3. The summed E-state index contributed by atoms with van der Waals surface area (Å²) in [5.41, 5.74) is 2.85. The van der Waals surface area contributed by atoms with E-state index in [1.54, 1.807) is 24.3 Å². The topological polar surface area (TPSA) is 170 Å². The minimum atomic E-state index is -1.26. The number of carbonyl (C=O) groups excluding carboxylic acids is 1. The van der Waals surface area contributed by atoms with Crippen molar-refractivity contribution in [3.63, 3.8) is 0 Å². The number of nitrogens with zero attached hydrogens (tertiary/aromatic N) is 4. The average Bonchev–Trinajstić information content (AvgIpc) is 3.46. The van der Waals surface area contributed by atoms with Crippen LogP contribution >= 0.6 is 0 Å². The molecule has 0 atom stereocenters. The molecular weight excluding hydrogens is 526 g/mol. The monoisotopic (exact) mass is 557 g/mol. The number of rotatable bonds is 10. The maximum Gasteiger partial charge on any atom is 0.328 e. The molecule has 2 heterocycles. The van der Waals surface area contributed by atoms with E-state index in [0.29, 0.717) is 30.2 Å². The molecule has 1 aromatic heterocycles. The Morgan fingerprint density at radius 1 is 0.976 bits per heavy atom. The summed E-state index contributed by atoms with van der Waals surface area (Å²) in [5.74, 6) is -2.02. The zero-order chi connectivity index (χ0) is 29.5. The normalized spacial score (nSPS) is 13.8. The Morgan fingerprint density at radius 2 is 1.63 bits per heavy atom. The minimum Gasteiger partial charge on any atom is -0.478 e. The predicted molar refractivity (Wildman–Crippen MR) is 150 cm³/mol. The first-order chi connectivity index (χ1) is 19.8. The molecule has 1 aliphatic rings. The van der Waals surface area contributed by atoms with E-state index in [0.717, 1.165) is 44.5 Å². The van der Waals surface area contributed by atoms with Crippen molar-refractivity contribution in [3.8, 4) is 6.07 Å². The van der Waals surface area contributed by atoms with E-state index < -0.39 is 11.9 Å². The molecule has 0 unspecified atom stereocenters. The highest BCUT2D eigenvalue weighted by Crippen LogP contribution is 2.21. The van der Waals surface area contributed by atoms with Gasteiger partial charge in [-0.1, -0.05) is 42.5 Å². The highest BCUT2D eigenvalue weighted by molar-refractivity contribution is 5.90. The van der Waals surface area contributed by atoms with Crippen molar-refractivity contribution in [1.29, 1.82) is 5.26 Å². The van der Waals surface area contributed by atoms with Crippen molar-refractivity contribution >= 4 is 30.0 Å². The maximum atomic E-state index is 12.3. The third-order valence-electron chi connectivity index (χ3n) is 6.26. The van der Waals surface area contributed by atoms with Crippen LogP contribution in [0.4, 0.5) is 0 Å². The highest BCUT2D eigenvalue weighted by atomic mass is 16.4. The van der Waals surface area contributed by atoms with Gasteiger partial charge in [0.2, 0.25) is 5.89 Å². The second kappa shape index (κ2) is 16.1. The molecule has 1 saturated heterocycles. The second-order valence-electron chi connectivity index (χ2n) is 9.27. The summed E-state index contributed by atoms with van der Waals surface area (Å²) >= 11 is 0. The molecule has 41 heavy (non-hydrogen) atoms. The second-order valence-corrected chi connectivity index (χ2v) is 9.27. The quantitative estimate of drug-likeness (QED) is 0.311. The third-order valence-corrected chi connectivity index (χ3v) is 6.26. The zero-order valence-electron chi connectivity index (χ0n) is 22.3. The van der Waals surface area contributed by atoms with Crippen LogP contribution in [0.2, 0.25) is 0 Å². The van der Waals surface area contributed by atoms with E-state index in [-0.39, 0.29) is 17.7 Å². The number of likely N-dealkylation sites (tertiary alicyclic amines) is 1. The SMILES string of the molecule is N#Cc1ccc(C=Cc2nnc(C(=O)NCCC3CCN(Cc4ccccc4)CC3)o2)cc1.O=C(O)C=CC(=O)O. The first-order valence-corrected chi connectivity index (χ1v) is 13.0. The molecule has 1 aliphatic heterocycles. The Balaban J connectivity index is 0.000000507. The molecule has 0 spiro atoms. The number of nitriles is 1. The molecule has 1 fully saturated rings. The van der Waals surface area contributed by atoms with Crippen LogP contribution in [-0.2, 0) is 16.1 Å². The van der Waals surface area contributed by atoms with Crippen molar-refractivity contribution in [1.82, 2.24) is 20.4 Å². The summed E-state index contributed by atoms with van der Waals surface area (Å²) in [6, 6.07) is 19.8. The van der Waals surface area contributed by atoms with Crippen molar-refractivity contribution in [3.05, 3.63) is 95.2 Å². The van der Waals surface area contributed by atoms with Gasteiger partial charge < -0.3 is 19.9 Å². The molecule has 4 rings (SSSR count). The minimum absolute atomic E-state index is 0.0350. The molecule has 11 nitrogen and oxygen atoms in total. The van der Waals surface area contributed by atoms with Crippen LogP contribution in [0.15, 0.2) is 71.2 Å². The van der Waals surface area contributed by atoms with Crippen LogP contribution < -0.4 is 5.32 Å². The predicted octanol–water partition coefficient (Wildman–Crippen LogP) is 3.86. The molecule has 2 aromatic carbocycles. The Morgan fingerprint density at radius 3 is 2.24 bits per heavy atom. The Labute approximate surface area is 237 Å². The number of nitrogens with one attached hydrogen (secondary N) is 1. The molecule has 11 heteroatoms. The number of carboxylic acid groups (broad SMARTS) is 2. The van der Waals surface area contributed by atoms with Crippen LogP contribution in [0.1, 0.15) is 52.5 Å². The Hall–Kier alpha value is -5.08. The fraction of sp³-hybridized carbons (Fsp3) is 0.267. The van der Waals surface area contributed by atoms with Gasteiger partial charge in [-0.25, -0.2) is 9.59 Å². The van der Waals surface area contributed by atoms with Gasteiger partial charge in [-0.3, -0.25) is 9.69 Å². The van der Waals surface area contributed by atoms with E-state index in [1.807, 2.05) is 18.2 Å². The summed E-state index contributed by atoms with van der Waals surface area (Å²) in [6.07, 6.45) is 7.80. The van der Waals surface area contributed by atoms with Crippen LogP contribution in [0, 0.1) is 17.2 Å². The lowest BCUT2D eigenvalue weighted by molar-refractivity contribution is -0.134. The van der Waals surface area contributed by atoms with Crippen molar-refractivity contribution in [2.45, 2.75) is 25.8 Å². The molecular formula is C30H31N5O6. The average molecular weight is 558 g/mol. The summed E-state index contributed by atoms with van der Waals surface area (Å²) in [5, 5.41) is 35.1. The molecule has 0 aliphatic carbocycles. The lowest BCUT2D eigenvalue weighted by Gasteiger charge is -2.32. The summed E-state index contributed by atoms with van der Waals surface area (Å²) in [7, 11) is 0. The fourth-order valence-corrected chi connectivity index (χ4v) is 4.11. The molecule has 0 radical (unpaired) electrons. The number of hydrogen-bond acceptors (Lipinski definition) is 8. The highest BCUT2D eigenvalue weighted by Gasteiger charge is 2.20. The van der Waals surface area contributed by atoms with Crippen LogP contribution in [-0.4, -0.2) is 62.8 Å². The number of carboxylic acids is 2. The fourth-order valence-electron chi connectivity index (χ4n) is 4.11. The lowest BCUT2D eigenvalue weighted by atomic mass is 9.93. The molecule has 0 bridgehead atoms. The number of aromatic nitrogens is 2. The number of carbonyl (C=O) groups is 3. The molecule has 212 valence electrons. The standard InChI is InChI=1S/C26H27N5O2.C4H4O4/c27-18-22-8-6-20(7-9-22)10-11-24-29-30-26(33-24)25(32)28-15-12-21-13-16-31(17-14-21)19-23-4-2-1-3-5-23;5-3(6)1-2-4(7)8/h1-11,21H,12-17,19H2,(H,28,32);1-2H,(H,5,6)(H,7,8). The van der Waals surface area contributed by atoms with Gasteiger partial charge in [0.25, 0.3) is 0 Å². The number of hydrogen-bond donors (Lipinski definition) is 3. The van der Waals surface area contributed by atoms with Gasteiger partial charge in [0.15, 0.2) is 0 Å². The Bertz CT molecular complexity index is 1370. The maximum absolute atomic E-state index is 12.3. The molecule has 0 saturated carbocycles. The van der Waals surface area contributed by atoms with Crippen molar-refractivity contribution in [2.75, 3.05) is 19.6 Å². The first-order valence-electron chi connectivity index (χ1n) is 13.0. The number of amides is 1. The molecule has 1 amide bonds. The smallest absolute Gasteiger partial charge is 0.328 e. The van der Waals surface area contributed by atoms with E-state index >= 15 is 0 Å². The van der Waals surface area contributed by atoms with Gasteiger partial charge >= 0.3 is 23.7 Å². The summed E-state index contributed by atoms with van der Waals surface area (Å²) in [4.78, 5) is 33.9. The van der Waals surface area contributed by atoms with Crippen molar-refractivity contribution in [2.24, 2.45) is 5.92 Å². The van der Waals surface area contributed by atoms with E-state index in [9.17, 15) is 14.4 Å². The zero-order valence-corrected chi connectivity index (χ0v) is 22.3. The summed E-state index contributed by atoms with van der Waals surface area (Å²) in [6.45, 7) is 3.78. The van der Waals surface area contributed by atoms with Crippen molar-refractivity contribution < 1.29 is 29.0 Å². The lowest BCUT2D eigenvalue weighted by Crippen LogP contribution is -2.34. The van der Waals surface area contributed by atoms with Crippen LogP contribution in [0.25, 0.3) is 12.2 Å². The number of aliphatic carboxylic acids is 2. The van der Waals surface area contributed by atoms with Crippen LogP contribution in [0.5, 0.6) is 0 Å². The van der Waals surface area contributed by atoms with Gasteiger partial charge in [-0.2, -0.15) is 5.26 Å². The van der Waals surface area contributed by atoms with E-state index in [2.05, 4.69) is 50.7 Å². The van der Waals surface area contributed by atoms with Gasteiger partial charge in [0, 0.05) is 31.3 Å². The van der Waals surface area contributed by atoms with Gasteiger partial charge in [-0.15, -0.1) is 10.2 Å². The van der Waals surface area contributed by atoms with Crippen LogP contribution in [0.3, 0.4) is 0 Å². The number of piperidine rings is 1. The first kappa shape index (κ1) is 30.5. The van der Waals surface area contributed by atoms with E-state index in [4.69, 9.17) is 19.9 Å². The van der Waals surface area contributed by atoms with Gasteiger partial charge in [0.1, 0.15) is 0 Å². The van der Waals surface area contributed by atoms with Gasteiger partial charge in [-0.05, 0) is 67.6 Å². The number of benzene rings is 2.